The molecule has 0 aromatic rings. The second kappa shape index (κ2) is 42.1. The van der Waals surface area contributed by atoms with Crippen LogP contribution in [0.1, 0.15) is 168 Å². The molecule has 0 saturated heterocycles. The van der Waals surface area contributed by atoms with Gasteiger partial charge in [0.05, 0.1) is 6.42 Å². The van der Waals surface area contributed by atoms with Crippen LogP contribution in [0.25, 0.3) is 0 Å². The van der Waals surface area contributed by atoms with Gasteiger partial charge in [-0.1, -0.05) is 169 Å². The molecule has 0 rings (SSSR count). The zero-order valence-corrected chi connectivity index (χ0v) is 34.4. The molecule has 0 bridgehead atoms. The van der Waals surface area contributed by atoms with Crippen molar-refractivity contribution in [3.63, 3.8) is 0 Å². The number of hydrogen-bond donors (Lipinski definition) is 0. The molecule has 0 amide bonds. The lowest BCUT2D eigenvalue weighted by molar-refractivity contribution is -0.166. The molecule has 304 valence electrons. The number of carbonyl (C=O) groups is 3. The third-order valence-electron chi connectivity index (χ3n) is 8.37. The fourth-order valence-corrected chi connectivity index (χ4v) is 5.23. The number of unbranched alkanes of at least 4 members (excludes halogenated alkanes) is 10. The second-order valence-electron chi connectivity index (χ2n) is 13.5. The SMILES string of the molecule is CC/C=C\C/C=C\C/C=C\C/C=C\C/C=C\CC(=O)OCC(COC(=O)CCCCCCCC)OC(=O)CCCCCCC/C=C\C/C=C\C/C=C\CC. The van der Waals surface area contributed by atoms with Crippen molar-refractivity contribution in [2.24, 2.45) is 0 Å². The summed E-state index contributed by atoms with van der Waals surface area (Å²) < 4.78 is 16.5. The average molecular weight is 749 g/mol. The van der Waals surface area contributed by atoms with Crippen LogP contribution in [0.5, 0.6) is 0 Å². The molecule has 0 radical (unpaired) electrons. The van der Waals surface area contributed by atoms with Crippen molar-refractivity contribution in [1.82, 2.24) is 0 Å². The summed E-state index contributed by atoms with van der Waals surface area (Å²) in [5.41, 5.74) is 0. The van der Waals surface area contributed by atoms with Gasteiger partial charge in [-0.15, -0.1) is 0 Å². The molecule has 0 aromatic carbocycles. The topological polar surface area (TPSA) is 78.9 Å². The van der Waals surface area contributed by atoms with E-state index in [0.29, 0.717) is 6.42 Å². The van der Waals surface area contributed by atoms with Crippen LogP contribution in [-0.4, -0.2) is 37.2 Å². The zero-order valence-electron chi connectivity index (χ0n) is 34.4. The molecule has 0 N–H and O–H groups in total. The van der Waals surface area contributed by atoms with E-state index in [-0.39, 0.29) is 38.0 Å². The second-order valence-corrected chi connectivity index (χ2v) is 13.5. The Morgan fingerprint density at radius 3 is 1.30 bits per heavy atom. The highest BCUT2D eigenvalue weighted by Crippen LogP contribution is 2.11. The molecule has 1 atom stereocenters. The maximum absolute atomic E-state index is 12.7. The van der Waals surface area contributed by atoms with E-state index in [4.69, 9.17) is 14.2 Å². The molecule has 6 nitrogen and oxygen atoms in total. The fourth-order valence-electron chi connectivity index (χ4n) is 5.23. The van der Waals surface area contributed by atoms with E-state index in [1.165, 1.54) is 19.3 Å². The normalized spacial score (nSPS) is 13.0. The molecular weight excluding hydrogens is 673 g/mol. The molecule has 0 heterocycles. The summed E-state index contributed by atoms with van der Waals surface area (Å²) in [6.45, 7) is 6.20. The first-order chi connectivity index (χ1) is 26.5. The lowest BCUT2D eigenvalue weighted by Gasteiger charge is -2.18. The first-order valence-corrected chi connectivity index (χ1v) is 21.2. The highest BCUT2D eigenvalue weighted by atomic mass is 16.6. The number of esters is 3. The summed E-state index contributed by atoms with van der Waals surface area (Å²) >= 11 is 0. The van der Waals surface area contributed by atoms with Crippen LogP contribution in [0, 0.1) is 0 Å². The first kappa shape index (κ1) is 50.3. The van der Waals surface area contributed by atoms with E-state index in [1.807, 2.05) is 6.08 Å². The quantitative estimate of drug-likeness (QED) is 0.0275. The lowest BCUT2D eigenvalue weighted by Crippen LogP contribution is -2.30. The molecule has 0 aromatic heterocycles. The Morgan fingerprint density at radius 1 is 0.407 bits per heavy atom. The Kier molecular flexibility index (Phi) is 39.2. The van der Waals surface area contributed by atoms with Crippen molar-refractivity contribution >= 4 is 17.9 Å². The van der Waals surface area contributed by atoms with E-state index >= 15 is 0 Å². The summed E-state index contributed by atoms with van der Waals surface area (Å²) in [5.74, 6) is -1.09. The van der Waals surface area contributed by atoms with Crippen LogP contribution in [-0.2, 0) is 28.6 Å². The van der Waals surface area contributed by atoms with Gasteiger partial charge in [0.1, 0.15) is 13.2 Å². The summed E-state index contributed by atoms with van der Waals surface area (Å²) in [7, 11) is 0. The maximum atomic E-state index is 12.7. The summed E-state index contributed by atoms with van der Waals surface area (Å²) in [4.78, 5) is 37.4. The van der Waals surface area contributed by atoms with Gasteiger partial charge >= 0.3 is 17.9 Å². The minimum absolute atomic E-state index is 0.116. The third kappa shape index (κ3) is 39.5. The largest absolute Gasteiger partial charge is 0.462 e. The summed E-state index contributed by atoms with van der Waals surface area (Å²) in [6, 6.07) is 0. The highest BCUT2D eigenvalue weighted by Gasteiger charge is 2.19. The van der Waals surface area contributed by atoms with Gasteiger partial charge in [-0.3, -0.25) is 14.4 Å². The van der Waals surface area contributed by atoms with Crippen molar-refractivity contribution in [2.45, 2.75) is 175 Å². The van der Waals surface area contributed by atoms with Crippen molar-refractivity contribution in [3.05, 3.63) is 97.2 Å². The molecule has 0 fully saturated rings. The molecular formula is C48H76O6. The standard InChI is InChI=1S/C48H76O6/c1-4-7-10-13-16-18-20-22-24-26-28-30-32-35-38-41-47(50)53-44-45(43-52-46(49)40-37-34-15-12-9-6-3)54-48(51)42-39-36-33-31-29-27-25-23-21-19-17-14-11-8-5-2/h7-8,10-11,16-19,22-25,28,30,35,38,45H,4-6,9,12-15,20-21,26-27,29,31-34,36-37,39-44H2,1-3H3/b10-7-,11-8-,18-16-,19-17-,24-22-,25-23-,30-28-,38-35-. The number of ether oxygens (including phenoxy) is 3. The van der Waals surface area contributed by atoms with Crippen molar-refractivity contribution in [2.75, 3.05) is 13.2 Å². The van der Waals surface area contributed by atoms with Gasteiger partial charge in [-0.25, -0.2) is 0 Å². The van der Waals surface area contributed by atoms with E-state index in [2.05, 4.69) is 106 Å². The molecule has 0 aliphatic heterocycles. The number of allylic oxidation sites excluding steroid dienone is 15. The molecule has 0 aliphatic rings. The Bertz CT molecular complexity index is 1140. The predicted molar refractivity (Wildman–Crippen MR) is 228 cm³/mol. The van der Waals surface area contributed by atoms with Gasteiger partial charge in [-0.05, 0) is 77.0 Å². The predicted octanol–water partition coefficient (Wildman–Crippen LogP) is 13.5. The Labute approximate surface area is 330 Å². The van der Waals surface area contributed by atoms with Gasteiger partial charge < -0.3 is 14.2 Å². The van der Waals surface area contributed by atoms with Gasteiger partial charge in [0, 0.05) is 12.8 Å². The lowest BCUT2D eigenvalue weighted by atomic mass is 10.1. The minimum Gasteiger partial charge on any atom is -0.462 e. The summed E-state index contributed by atoms with van der Waals surface area (Å²) in [5, 5.41) is 0. The van der Waals surface area contributed by atoms with Gasteiger partial charge in [0.15, 0.2) is 6.10 Å². The minimum atomic E-state index is -0.822. The maximum Gasteiger partial charge on any atom is 0.309 e. The molecule has 6 heteroatoms. The summed E-state index contributed by atoms with van der Waals surface area (Å²) in [6.07, 6.45) is 54.3. The molecule has 1 unspecified atom stereocenters. The average Bonchev–Trinajstić information content (AvgIpc) is 3.17. The highest BCUT2D eigenvalue weighted by molar-refractivity contribution is 5.72. The van der Waals surface area contributed by atoms with E-state index < -0.39 is 12.1 Å². The van der Waals surface area contributed by atoms with E-state index in [1.54, 1.807) is 6.08 Å². The van der Waals surface area contributed by atoms with E-state index in [0.717, 1.165) is 109 Å². The van der Waals surface area contributed by atoms with Crippen LogP contribution in [0.15, 0.2) is 97.2 Å². The molecule has 0 spiro atoms. The van der Waals surface area contributed by atoms with E-state index in [9.17, 15) is 14.4 Å². The number of hydrogen-bond acceptors (Lipinski definition) is 6. The number of carbonyl (C=O) groups excluding carboxylic acids is 3. The Balaban J connectivity index is 4.49. The van der Waals surface area contributed by atoms with Crippen LogP contribution in [0.4, 0.5) is 0 Å². The van der Waals surface area contributed by atoms with Crippen LogP contribution in [0.3, 0.4) is 0 Å². The van der Waals surface area contributed by atoms with Crippen molar-refractivity contribution in [1.29, 1.82) is 0 Å². The first-order valence-electron chi connectivity index (χ1n) is 21.2. The number of rotatable bonds is 36. The molecule has 0 aliphatic carbocycles. The van der Waals surface area contributed by atoms with Gasteiger partial charge in [-0.2, -0.15) is 0 Å². The van der Waals surface area contributed by atoms with Gasteiger partial charge in [0.25, 0.3) is 0 Å². The molecule has 54 heavy (non-hydrogen) atoms. The van der Waals surface area contributed by atoms with Crippen molar-refractivity contribution in [3.8, 4) is 0 Å². The Hall–Kier alpha value is -3.67. The third-order valence-corrected chi connectivity index (χ3v) is 8.37. The van der Waals surface area contributed by atoms with Crippen molar-refractivity contribution < 1.29 is 28.6 Å². The zero-order chi connectivity index (χ0) is 39.4. The van der Waals surface area contributed by atoms with Crippen LogP contribution < -0.4 is 0 Å². The van der Waals surface area contributed by atoms with Crippen LogP contribution >= 0.6 is 0 Å². The monoisotopic (exact) mass is 749 g/mol. The van der Waals surface area contributed by atoms with Crippen LogP contribution in [0.2, 0.25) is 0 Å². The smallest absolute Gasteiger partial charge is 0.309 e. The Morgan fingerprint density at radius 2 is 0.796 bits per heavy atom. The molecule has 0 saturated carbocycles. The van der Waals surface area contributed by atoms with Gasteiger partial charge in [0.2, 0.25) is 0 Å². The fraction of sp³-hybridized carbons (Fsp3) is 0.604.